The fourth-order valence-electron chi connectivity index (χ4n) is 1.34. The summed E-state index contributed by atoms with van der Waals surface area (Å²) in [4.78, 5) is 26.7. The van der Waals surface area contributed by atoms with E-state index in [4.69, 9.17) is 5.26 Å². The highest BCUT2D eigenvalue weighted by molar-refractivity contribution is 8.00. The number of thiazole rings is 1. The van der Waals surface area contributed by atoms with E-state index in [0.717, 1.165) is 5.69 Å². The zero-order valence-corrected chi connectivity index (χ0v) is 12.7. The van der Waals surface area contributed by atoms with Gasteiger partial charge in [0.2, 0.25) is 5.91 Å². The lowest BCUT2D eigenvalue weighted by Crippen LogP contribution is -2.14. The van der Waals surface area contributed by atoms with Crippen LogP contribution in [0.1, 0.15) is 18.5 Å². The summed E-state index contributed by atoms with van der Waals surface area (Å²) in [6.07, 6.45) is 1.70. The van der Waals surface area contributed by atoms with Gasteiger partial charge < -0.3 is 10.1 Å². The number of carbonyl (C=O) groups is 2. The first-order valence-corrected chi connectivity index (χ1v) is 7.95. The van der Waals surface area contributed by atoms with Crippen molar-refractivity contribution in [2.75, 3.05) is 23.9 Å². The Bertz CT molecular complexity index is 496. The van der Waals surface area contributed by atoms with Crippen LogP contribution in [0.5, 0.6) is 0 Å². The van der Waals surface area contributed by atoms with E-state index < -0.39 is 0 Å². The predicted octanol–water partition coefficient (Wildman–Crippen LogP) is 1.83. The van der Waals surface area contributed by atoms with Crippen LogP contribution in [0.25, 0.3) is 0 Å². The topological polar surface area (TPSA) is 92.1 Å². The van der Waals surface area contributed by atoms with Gasteiger partial charge in [-0.1, -0.05) is 0 Å². The molecule has 0 saturated carbocycles. The van der Waals surface area contributed by atoms with Gasteiger partial charge in [0, 0.05) is 11.8 Å². The molecule has 1 heterocycles. The second-order valence-corrected chi connectivity index (χ2v) is 5.62. The highest BCUT2D eigenvalue weighted by Crippen LogP contribution is 2.17. The summed E-state index contributed by atoms with van der Waals surface area (Å²) >= 11 is 2.61. The Morgan fingerprint density at radius 1 is 1.60 bits per heavy atom. The molecule has 108 valence electrons. The molecule has 1 aromatic heterocycles. The number of hydrogen-bond acceptors (Lipinski definition) is 7. The number of anilines is 1. The Morgan fingerprint density at radius 2 is 2.40 bits per heavy atom. The maximum absolute atomic E-state index is 11.5. The lowest BCUT2D eigenvalue weighted by Gasteiger charge is -1.99. The molecular weight excluding hydrogens is 298 g/mol. The van der Waals surface area contributed by atoms with Crippen LogP contribution < -0.4 is 5.32 Å². The van der Waals surface area contributed by atoms with Crippen molar-refractivity contribution >= 4 is 40.1 Å². The van der Waals surface area contributed by atoms with Gasteiger partial charge in [-0.05, 0) is 12.8 Å². The maximum atomic E-state index is 11.5. The minimum atomic E-state index is -0.233. The molecular formula is C12H15N3O3S2. The Kier molecular flexibility index (Phi) is 7.69. The summed E-state index contributed by atoms with van der Waals surface area (Å²) in [5.41, 5.74) is 0.846. The summed E-state index contributed by atoms with van der Waals surface area (Å²) in [6, 6.07) is 1.96. The van der Waals surface area contributed by atoms with Crippen molar-refractivity contribution in [3.63, 3.8) is 0 Å². The average molecular weight is 313 g/mol. The van der Waals surface area contributed by atoms with Gasteiger partial charge in [-0.3, -0.25) is 9.59 Å². The van der Waals surface area contributed by atoms with Crippen molar-refractivity contribution < 1.29 is 14.3 Å². The van der Waals surface area contributed by atoms with Crippen molar-refractivity contribution in [3.8, 4) is 6.07 Å². The van der Waals surface area contributed by atoms with Gasteiger partial charge in [-0.2, -0.15) is 5.26 Å². The maximum Gasteiger partial charge on any atom is 0.305 e. The van der Waals surface area contributed by atoms with Crippen molar-refractivity contribution in [1.82, 2.24) is 4.98 Å². The molecule has 0 spiro atoms. The first-order chi connectivity index (χ1) is 9.65. The van der Waals surface area contributed by atoms with Gasteiger partial charge >= 0.3 is 5.97 Å². The largest absolute Gasteiger partial charge is 0.469 e. The van der Waals surface area contributed by atoms with E-state index in [9.17, 15) is 9.59 Å². The van der Waals surface area contributed by atoms with E-state index in [2.05, 4.69) is 15.0 Å². The molecule has 0 bridgehead atoms. The van der Waals surface area contributed by atoms with E-state index in [1.807, 2.05) is 11.4 Å². The van der Waals surface area contributed by atoms with Gasteiger partial charge in [-0.25, -0.2) is 4.98 Å². The van der Waals surface area contributed by atoms with E-state index in [1.54, 1.807) is 0 Å². The minimum absolute atomic E-state index is 0.166. The van der Waals surface area contributed by atoms with Gasteiger partial charge in [0.05, 0.1) is 30.4 Å². The van der Waals surface area contributed by atoms with E-state index >= 15 is 0 Å². The molecule has 0 aliphatic heterocycles. The first-order valence-electron chi connectivity index (χ1n) is 5.91. The standard InChI is InChI=1S/C12H15N3O3S2/c1-18-11(17)4-2-3-9-7-20-12(14-9)15-10(16)8-19-6-5-13/h7H,2-4,6,8H2,1H3,(H,14,15,16). The SMILES string of the molecule is COC(=O)CCCc1csc(NC(=O)CSCC#N)n1. The van der Waals surface area contributed by atoms with Crippen LogP contribution in [-0.4, -0.2) is 35.5 Å². The van der Waals surface area contributed by atoms with Crippen LogP contribution in [0.15, 0.2) is 5.38 Å². The molecule has 0 atom stereocenters. The van der Waals surface area contributed by atoms with Crippen LogP contribution >= 0.6 is 23.1 Å². The highest BCUT2D eigenvalue weighted by atomic mass is 32.2. The van der Waals surface area contributed by atoms with E-state index in [0.29, 0.717) is 30.1 Å². The number of hydrogen-bond donors (Lipinski definition) is 1. The fraction of sp³-hybridized carbons (Fsp3) is 0.500. The van der Waals surface area contributed by atoms with Crippen LogP contribution in [0.3, 0.4) is 0 Å². The minimum Gasteiger partial charge on any atom is -0.469 e. The zero-order chi connectivity index (χ0) is 14.8. The van der Waals surface area contributed by atoms with Gasteiger partial charge in [-0.15, -0.1) is 23.1 Å². The van der Waals surface area contributed by atoms with E-state index in [-0.39, 0.29) is 17.6 Å². The first kappa shape index (κ1) is 16.5. The molecule has 0 unspecified atom stereocenters. The normalized spacial score (nSPS) is 9.80. The summed E-state index contributed by atoms with van der Waals surface area (Å²) in [7, 11) is 1.36. The molecule has 1 amide bonds. The second kappa shape index (κ2) is 9.34. The number of rotatable bonds is 8. The van der Waals surface area contributed by atoms with E-state index in [1.165, 1.54) is 30.2 Å². The van der Waals surface area contributed by atoms with Crippen LogP contribution in [0.2, 0.25) is 0 Å². The Hall–Kier alpha value is -1.59. The number of nitrogens with one attached hydrogen (secondary N) is 1. The number of carbonyl (C=O) groups excluding carboxylic acids is 2. The zero-order valence-electron chi connectivity index (χ0n) is 11.0. The molecule has 1 aromatic rings. The lowest BCUT2D eigenvalue weighted by molar-refractivity contribution is -0.140. The second-order valence-electron chi connectivity index (χ2n) is 3.77. The third kappa shape index (κ3) is 6.54. The van der Waals surface area contributed by atoms with Gasteiger partial charge in [0.25, 0.3) is 0 Å². The Labute approximate surface area is 125 Å². The number of amides is 1. The summed E-state index contributed by atoms with van der Waals surface area (Å²) in [5, 5.41) is 13.4. The van der Waals surface area contributed by atoms with Crippen molar-refractivity contribution in [2.24, 2.45) is 0 Å². The number of nitrogens with zero attached hydrogens (tertiary/aromatic N) is 2. The smallest absolute Gasteiger partial charge is 0.305 e. The molecule has 0 saturated heterocycles. The summed E-state index contributed by atoms with van der Waals surface area (Å²) in [6.45, 7) is 0. The number of aromatic nitrogens is 1. The third-order valence-electron chi connectivity index (χ3n) is 2.24. The Balaban J connectivity index is 2.30. The molecule has 20 heavy (non-hydrogen) atoms. The lowest BCUT2D eigenvalue weighted by atomic mass is 10.2. The number of methoxy groups -OCH3 is 1. The number of esters is 1. The Morgan fingerprint density at radius 3 is 3.10 bits per heavy atom. The quantitative estimate of drug-likeness (QED) is 0.581. The predicted molar refractivity (Wildman–Crippen MR) is 78.6 cm³/mol. The van der Waals surface area contributed by atoms with Crippen molar-refractivity contribution in [3.05, 3.63) is 11.1 Å². The number of aryl methyl sites for hydroxylation is 1. The molecule has 0 radical (unpaired) electrons. The summed E-state index contributed by atoms with van der Waals surface area (Å²) < 4.78 is 4.55. The van der Waals surface area contributed by atoms with Crippen LogP contribution in [-0.2, 0) is 20.7 Å². The molecule has 1 rings (SSSR count). The number of ether oxygens (including phenoxy) is 1. The van der Waals surface area contributed by atoms with Crippen molar-refractivity contribution in [2.45, 2.75) is 19.3 Å². The number of thioether (sulfide) groups is 1. The van der Waals surface area contributed by atoms with Crippen molar-refractivity contribution in [1.29, 1.82) is 5.26 Å². The molecule has 0 aromatic carbocycles. The highest BCUT2D eigenvalue weighted by Gasteiger charge is 2.07. The molecule has 8 heteroatoms. The average Bonchev–Trinajstić information content (AvgIpc) is 2.86. The monoisotopic (exact) mass is 313 g/mol. The summed E-state index contributed by atoms with van der Waals surface area (Å²) in [5.74, 6) is 0.137. The third-order valence-corrected chi connectivity index (χ3v) is 3.85. The molecule has 0 aliphatic rings. The van der Waals surface area contributed by atoms with Crippen LogP contribution in [0.4, 0.5) is 5.13 Å². The molecule has 0 aliphatic carbocycles. The van der Waals surface area contributed by atoms with Crippen LogP contribution in [0, 0.1) is 11.3 Å². The van der Waals surface area contributed by atoms with Gasteiger partial charge in [0.15, 0.2) is 5.13 Å². The fourth-order valence-corrected chi connectivity index (χ4v) is 2.55. The number of nitriles is 1. The molecule has 6 nitrogen and oxygen atoms in total. The molecule has 0 fully saturated rings. The van der Waals surface area contributed by atoms with Gasteiger partial charge in [0.1, 0.15) is 0 Å². The molecule has 1 N–H and O–H groups in total.